The summed E-state index contributed by atoms with van der Waals surface area (Å²) in [7, 11) is 0. The Morgan fingerprint density at radius 2 is 1.85 bits per heavy atom. The second kappa shape index (κ2) is 5.87. The van der Waals surface area contributed by atoms with Crippen molar-refractivity contribution in [3.63, 3.8) is 0 Å². The standard InChI is InChI=1S/C14H13BrF3NS/c1-8-11(15)7-13(20-8)12(19)6-9-2-4-10(5-3-9)14(16,17)18/h2-5,7,12H,6,19H2,1H3. The number of aryl methyl sites for hydroxylation is 1. The molecule has 2 N–H and O–H groups in total. The Morgan fingerprint density at radius 1 is 1.25 bits per heavy atom. The molecule has 0 radical (unpaired) electrons. The highest BCUT2D eigenvalue weighted by atomic mass is 79.9. The summed E-state index contributed by atoms with van der Waals surface area (Å²) in [5.41, 5.74) is 6.26. The van der Waals surface area contributed by atoms with Gasteiger partial charge in [-0.05, 0) is 53.0 Å². The van der Waals surface area contributed by atoms with Crippen LogP contribution in [-0.4, -0.2) is 0 Å². The van der Waals surface area contributed by atoms with Crippen LogP contribution >= 0.6 is 27.3 Å². The van der Waals surface area contributed by atoms with Crippen LogP contribution in [0.1, 0.15) is 26.9 Å². The summed E-state index contributed by atoms with van der Waals surface area (Å²) in [4.78, 5) is 2.16. The zero-order valence-corrected chi connectivity index (χ0v) is 13.1. The Bertz CT molecular complexity index is 570. The van der Waals surface area contributed by atoms with E-state index >= 15 is 0 Å². The van der Waals surface area contributed by atoms with E-state index in [0.29, 0.717) is 6.42 Å². The van der Waals surface area contributed by atoms with E-state index in [2.05, 4.69) is 15.9 Å². The second-order valence-corrected chi connectivity index (χ2v) is 6.70. The fraction of sp³-hybridized carbons (Fsp3) is 0.286. The van der Waals surface area contributed by atoms with Crippen LogP contribution in [0.4, 0.5) is 13.2 Å². The molecule has 0 saturated carbocycles. The van der Waals surface area contributed by atoms with Gasteiger partial charge >= 0.3 is 6.18 Å². The third kappa shape index (κ3) is 3.62. The first kappa shape index (κ1) is 15.5. The first-order valence-electron chi connectivity index (χ1n) is 5.95. The summed E-state index contributed by atoms with van der Waals surface area (Å²) in [6.07, 6.45) is -3.78. The quantitative estimate of drug-likeness (QED) is 0.808. The molecule has 108 valence electrons. The maximum atomic E-state index is 12.5. The van der Waals surface area contributed by atoms with Gasteiger partial charge in [0.1, 0.15) is 0 Å². The summed E-state index contributed by atoms with van der Waals surface area (Å²) in [6, 6.07) is 6.92. The molecule has 0 aliphatic carbocycles. The van der Waals surface area contributed by atoms with Crippen LogP contribution in [0.3, 0.4) is 0 Å². The van der Waals surface area contributed by atoms with Crippen molar-refractivity contribution in [1.29, 1.82) is 0 Å². The molecule has 0 amide bonds. The molecular weight excluding hydrogens is 351 g/mol. The SMILES string of the molecule is Cc1sc(C(N)Cc2ccc(C(F)(F)F)cc2)cc1Br. The number of rotatable bonds is 3. The van der Waals surface area contributed by atoms with Gasteiger partial charge in [-0.3, -0.25) is 0 Å². The maximum Gasteiger partial charge on any atom is 0.416 e. The van der Waals surface area contributed by atoms with Gasteiger partial charge in [0.25, 0.3) is 0 Å². The highest BCUT2D eigenvalue weighted by Crippen LogP contribution is 2.32. The highest BCUT2D eigenvalue weighted by Gasteiger charge is 2.29. The van der Waals surface area contributed by atoms with E-state index in [9.17, 15) is 13.2 Å². The molecule has 1 nitrogen and oxygen atoms in total. The van der Waals surface area contributed by atoms with E-state index in [4.69, 9.17) is 5.73 Å². The molecule has 0 aliphatic rings. The lowest BCUT2D eigenvalue weighted by Crippen LogP contribution is -2.12. The molecule has 1 aromatic heterocycles. The molecule has 20 heavy (non-hydrogen) atoms. The molecular formula is C14H13BrF3NS. The topological polar surface area (TPSA) is 26.0 Å². The lowest BCUT2D eigenvalue weighted by molar-refractivity contribution is -0.137. The van der Waals surface area contributed by atoms with Gasteiger partial charge in [0, 0.05) is 20.3 Å². The molecule has 0 bridgehead atoms. The molecule has 0 fully saturated rings. The fourth-order valence-corrected chi connectivity index (χ4v) is 3.41. The van der Waals surface area contributed by atoms with Crippen molar-refractivity contribution in [2.45, 2.75) is 25.6 Å². The van der Waals surface area contributed by atoms with E-state index in [1.807, 2.05) is 13.0 Å². The number of hydrogen-bond acceptors (Lipinski definition) is 2. The molecule has 1 unspecified atom stereocenters. The average molecular weight is 364 g/mol. The minimum absolute atomic E-state index is 0.207. The summed E-state index contributed by atoms with van der Waals surface area (Å²) < 4.78 is 38.4. The first-order chi connectivity index (χ1) is 9.27. The molecule has 2 aromatic rings. The zero-order valence-electron chi connectivity index (χ0n) is 10.7. The molecule has 2 rings (SSSR count). The molecule has 0 saturated heterocycles. The van der Waals surface area contributed by atoms with Gasteiger partial charge in [0.2, 0.25) is 0 Å². The minimum atomic E-state index is -4.30. The van der Waals surface area contributed by atoms with Crippen molar-refractivity contribution in [1.82, 2.24) is 0 Å². The number of benzene rings is 1. The van der Waals surface area contributed by atoms with E-state index in [1.54, 1.807) is 11.3 Å². The summed E-state index contributed by atoms with van der Waals surface area (Å²) in [6.45, 7) is 1.99. The van der Waals surface area contributed by atoms with Crippen LogP contribution in [0.5, 0.6) is 0 Å². The molecule has 1 aromatic carbocycles. The van der Waals surface area contributed by atoms with Crippen LogP contribution in [0.25, 0.3) is 0 Å². The van der Waals surface area contributed by atoms with Crippen LogP contribution in [0, 0.1) is 6.92 Å². The van der Waals surface area contributed by atoms with Gasteiger partial charge in [-0.2, -0.15) is 13.2 Å². The minimum Gasteiger partial charge on any atom is -0.323 e. The molecule has 1 atom stereocenters. The number of alkyl halides is 3. The summed E-state index contributed by atoms with van der Waals surface area (Å²) >= 11 is 5.03. The Hall–Kier alpha value is -0.850. The monoisotopic (exact) mass is 363 g/mol. The van der Waals surface area contributed by atoms with Gasteiger partial charge in [-0.1, -0.05) is 12.1 Å². The predicted molar refractivity (Wildman–Crippen MR) is 78.8 cm³/mol. The van der Waals surface area contributed by atoms with Crippen LogP contribution in [0.2, 0.25) is 0 Å². The van der Waals surface area contributed by atoms with Gasteiger partial charge in [-0.25, -0.2) is 0 Å². The molecule has 1 heterocycles. The van der Waals surface area contributed by atoms with E-state index in [-0.39, 0.29) is 6.04 Å². The fourth-order valence-electron chi connectivity index (χ4n) is 1.85. The number of halogens is 4. The Balaban J connectivity index is 2.10. The van der Waals surface area contributed by atoms with Gasteiger partial charge in [0.05, 0.1) is 5.56 Å². The second-order valence-electron chi connectivity index (χ2n) is 4.56. The number of thiophene rings is 1. The van der Waals surface area contributed by atoms with Crippen molar-refractivity contribution in [3.05, 3.63) is 55.7 Å². The normalized spacial score (nSPS) is 13.5. The van der Waals surface area contributed by atoms with E-state index in [0.717, 1.165) is 31.9 Å². The molecule has 0 aliphatic heterocycles. The van der Waals surface area contributed by atoms with Crippen LogP contribution in [-0.2, 0) is 12.6 Å². The van der Waals surface area contributed by atoms with Gasteiger partial charge in [-0.15, -0.1) is 11.3 Å². The maximum absolute atomic E-state index is 12.5. The van der Waals surface area contributed by atoms with Crippen molar-refractivity contribution in [3.8, 4) is 0 Å². The highest BCUT2D eigenvalue weighted by molar-refractivity contribution is 9.10. The largest absolute Gasteiger partial charge is 0.416 e. The van der Waals surface area contributed by atoms with E-state index in [1.165, 1.54) is 12.1 Å². The molecule has 6 heteroatoms. The Morgan fingerprint density at radius 3 is 2.30 bits per heavy atom. The number of nitrogens with two attached hydrogens (primary N) is 1. The third-order valence-corrected chi connectivity index (χ3v) is 5.25. The van der Waals surface area contributed by atoms with E-state index < -0.39 is 11.7 Å². The zero-order chi connectivity index (χ0) is 14.9. The van der Waals surface area contributed by atoms with Crippen LogP contribution < -0.4 is 5.73 Å². The van der Waals surface area contributed by atoms with Gasteiger partial charge in [0.15, 0.2) is 0 Å². The summed E-state index contributed by atoms with van der Waals surface area (Å²) in [5.74, 6) is 0. The van der Waals surface area contributed by atoms with Gasteiger partial charge < -0.3 is 5.73 Å². The Kier molecular flexibility index (Phi) is 4.56. The lowest BCUT2D eigenvalue weighted by atomic mass is 10.0. The first-order valence-corrected chi connectivity index (χ1v) is 7.56. The van der Waals surface area contributed by atoms with Crippen LogP contribution in [0.15, 0.2) is 34.8 Å². The lowest BCUT2D eigenvalue weighted by Gasteiger charge is -2.11. The molecule has 0 spiro atoms. The van der Waals surface area contributed by atoms with Crippen molar-refractivity contribution in [2.75, 3.05) is 0 Å². The van der Waals surface area contributed by atoms with Crippen molar-refractivity contribution < 1.29 is 13.2 Å². The smallest absolute Gasteiger partial charge is 0.323 e. The average Bonchev–Trinajstić information content (AvgIpc) is 2.69. The Labute approximate surface area is 127 Å². The third-order valence-electron chi connectivity index (χ3n) is 2.98. The predicted octanol–water partition coefficient (Wildman–Crippen LogP) is 5.08. The van der Waals surface area contributed by atoms with Crippen molar-refractivity contribution >= 4 is 27.3 Å². The number of hydrogen-bond donors (Lipinski definition) is 1. The summed E-state index contributed by atoms with van der Waals surface area (Å²) in [5, 5.41) is 0. The van der Waals surface area contributed by atoms with Crippen molar-refractivity contribution in [2.24, 2.45) is 5.73 Å².